The van der Waals surface area contributed by atoms with Gasteiger partial charge < -0.3 is 14.8 Å². The van der Waals surface area contributed by atoms with Crippen LogP contribution in [0.1, 0.15) is 5.56 Å². The molecule has 0 saturated heterocycles. The van der Waals surface area contributed by atoms with Crippen molar-refractivity contribution in [2.75, 3.05) is 33.1 Å². The maximum absolute atomic E-state index is 13.7. The molecule has 1 amide bonds. The number of hydrogen-bond donors (Lipinski definition) is 1. The first-order chi connectivity index (χ1) is 11.5. The quantitative estimate of drug-likeness (QED) is 0.847. The number of benzene rings is 2. The third-order valence-corrected chi connectivity index (χ3v) is 3.44. The summed E-state index contributed by atoms with van der Waals surface area (Å²) in [5.41, 5.74) is 1.44. The lowest BCUT2D eigenvalue weighted by Gasteiger charge is -2.17. The molecule has 0 aliphatic heterocycles. The van der Waals surface area contributed by atoms with Crippen LogP contribution < -0.4 is 14.8 Å². The van der Waals surface area contributed by atoms with Crippen molar-refractivity contribution in [1.82, 2.24) is 4.90 Å². The van der Waals surface area contributed by atoms with Gasteiger partial charge in [0.2, 0.25) is 5.91 Å². The van der Waals surface area contributed by atoms with Crippen molar-refractivity contribution >= 4 is 11.6 Å². The number of nitrogens with zero attached hydrogens (tertiary/aromatic N) is 1. The Bertz CT molecular complexity index is 706. The zero-order chi connectivity index (χ0) is 17.5. The van der Waals surface area contributed by atoms with Crippen molar-refractivity contribution in [1.29, 1.82) is 0 Å². The molecule has 2 aromatic carbocycles. The van der Waals surface area contributed by atoms with Gasteiger partial charge in [0.15, 0.2) is 11.6 Å². The van der Waals surface area contributed by atoms with Crippen LogP contribution in [0, 0.1) is 5.82 Å². The molecule has 0 aliphatic carbocycles. The fourth-order valence-corrected chi connectivity index (χ4v) is 2.32. The number of ether oxygens (including phenoxy) is 2. The zero-order valence-corrected chi connectivity index (χ0v) is 14.0. The first-order valence-corrected chi connectivity index (χ1v) is 7.46. The summed E-state index contributed by atoms with van der Waals surface area (Å²) in [6.45, 7) is 0.636. The summed E-state index contributed by atoms with van der Waals surface area (Å²) < 4.78 is 23.7. The number of carbonyl (C=O) groups excluding carboxylic acids is 1. The Morgan fingerprint density at radius 1 is 1.17 bits per heavy atom. The van der Waals surface area contributed by atoms with Gasteiger partial charge >= 0.3 is 0 Å². The predicted molar refractivity (Wildman–Crippen MR) is 90.9 cm³/mol. The molecule has 0 aromatic heterocycles. The maximum Gasteiger partial charge on any atom is 0.238 e. The van der Waals surface area contributed by atoms with Crippen molar-refractivity contribution in [3.8, 4) is 11.5 Å². The molecule has 0 spiro atoms. The van der Waals surface area contributed by atoms with Gasteiger partial charge in [-0.2, -0.15) is 0 Å². The summed E-state index contributed by atoms with van der Waals surface area (Å²) in [6.07, 6.45) is 0. The third kappa shape index (κ3) is 4.96. The Morgan fingerprint density at radius 2 is 1.96 bits per heavy atom. The number of methoxy groups -OCH3 is 2. The number of nitrogens with one attached hydrogen (secondary N) is 1. The molecule has 24 heavy (non-hydrogen) atoms. The Labute approximate surface area is 141 Å². The minimum Gasteiger partial charge on any atom is -0.497 e. The number of halogens is 1. The Kier molecular flexibility index (Phi) is 6.14. The highest BCUT2D eigenvalue weighted by atomic mass is 19.1. The summed E-state index contributed by atoms with van der Waals surface area (Å²) in [5.74, 6) is 0.316. The highest BCUT2D eigenvalue weighted by Gasteiger charge is 2.10. The Hall–Kier alpha value is -2.60. The van der Waals surface area contributed by atoms with Crippen LogP contribution in [0.2, 0.25) is 0 Å². The van der Waals surface area contributed by atoms with Crippen molar-refractivity contribution in [2.45, 2.75) is 6.54 Å². The van der Waals surface area contributed by atoms with Crippen LogP contribution in [-0.2, 0) is 11.3 Å². The second-order valence-electron chi connectivity index (χ2n) is 5.42. The van der Waals surface area contributed by atoms with Crippen LogP contribution in [0.4, 0.5) is 10.1 Å². The number of rotatable bonds is 7. The average Bonchev–Trinajstić information content (AvgIpc) is 2.55. The van der Waals surface area contributed by atoms with E-state index in [9.17, 15) is 9.18 Å². The first-order valence-electron chi connectivity index (χ1n) is 7.46. The second kappa shape index (κ2) is 8.31. The van der Waals surface area contributed by atoms with E-state index < -0.39 is 5.82 Å². The monoisotopic (exact) mass is 332 g/mol. The van der Waals surface area contributed by atoms with E-state index in [0.717, 1.165) is 5.56 Å². The number of likely N-dealkylation sites (N-methyl/N-ethyl adjacent to an activating group) is 1. The first kappa shape index (κ1) is 17.7. The van der Waals surface area contributed by atoms with Gasteiger partial charge in [-0.15, -0.1) is 0 Å². The molecule has 0 fully saturated rings. The van der Waals surface area contributed by atoms with Gasteiger partial charge in [-0.1, -0.05) is 12.1 Å². The molecule has 0 saturated carbocycles. The topological polar surface area (TPSA) is 50.8 Å². The Balaban J connectivity index is 1.90. The lowest BCUT2D eigenvalue weighted by atomic mass is 10.2. The van der Waals surface area contributed by atoms with E-state index in [-0.39, 0.29) is 18.2 Å². The molecule has 0 radical (unpaired) electrons. The minimum absolute atomic E-state index is 0.153. The summed E-state index contributed by atoms with van der Waals surface area (Å²) in [5, 5.41) is 2.81. The van der Waals surface area contributed by atoms with Gasteiger partial charge in [-0.05, 0) is 36.9 Å². The number of carbonyl (C=O) groups is 1. The molecule has 0 atom stereocenters. The van der Waals surface area contributed by atoms with E-state index in [0.29, 0.717) is 18.0 Å². The van der Waals surface area contributed by atoms with E-state index in [1.165, 1.54) is 13.2 Å². The zero-order valence-electron chi connectivity index (χ0n) is 14.0. The van der Waals surface area contributed by atoms with Crippen LogP contribution in [0.25, 0.3) is 0 Å². The van der Waals surface area contributed by atoms with Crippen molar-refractivity contribution < 1.29 is 18.7 Å². The fourth-order valence-electron chi connectivity index (χ4n) is 2.32. The average molecular weight is 332 g/mol. The highest BCUT2D eigenvalue weighted by Crippen LogP contribution is 2.19. The number of anilines is 1. The highest BCUT2D eigenvalue weighted by molar-refractivity contribution is 5.92. The van der Waals surface area contributed by atoms with Crippen LogP contribution in [0.5, 0.6) is 11.5 Å². The minimum atomic E-state index is -0.413. The fraction of sp³-hybridized carbons (Fsp3) is 0.278. The smallest absolute Gasteiger partial charge is 0.238 e. The van der Waals surface area contributed by atoms with Gasteiger partial charge in [0.1, 0.15) is 5.75 Å². The molecule has 2 rings (SSSR count). The van der Waals surface area contributed by atoms with Crippen molar-refractivity contribution in [3.63, 3.8) is 0 Å². The van der Waals surface area contributed by atoms with E-state index in [1.54, 1.807) is 55.5 Å². The van der Waals surface area contributed by atoms with Crippen LogP contribution in [-0.4, -0.2) is 38.6 Å². The SMILES string of the molecule is COc1cccc(NC(=O)CN(C)Cc2ccc(OC)c(F)c2)c1. The van der Waals surface area contributed by atoms with E-state index in [4.69, 9.17) is 9.47 Å². The summed E-state index contributed by atoms with van der Waals surface area (Å²) in [7, 11) is 4.79. The van der Waals surface area contributed by atoms with Crippen LogP contribution in [0.15, 0.2) is 42.5 Å². The van der Waals surface area contributed by atoms with E-state index in [1.807, 2.05) is 0 Å². The molecule has 0 unspecified atom stereocenters. The van der Waals surface area contributed by atoms with Crippen LogP contribution >= 0.6 is 0 Å². The summed E-state index contributed by atoms with van der Waals surface area (Å²) in [4.78, 5) is 13.9. The molecular weight excluding hydrogens is 311 g/mol. The van der Waals surface area contributed by atoms with Gasteiger partial charge in [0, 0.05) is 18.3 Å². The van der Waals surface area contributed by atoms with Crippen molar-refractivity contribution in [2.24, 2.45) is 0 Å². The van der Waals surface area contributed by atoms with E-state index >= 15 is 0 Å². The second-order valence-corrected chi connectivity index (χ2v) is 5.42. The lowest BCUT2D eigenvalue weighted by molar-refractivity contribution is -0.117. The maximum atomic E-state index is 13.7. The molecule has 2 aromatic rings. The van der Waals surface area contributed by atoms with Crippen LogP contribution in [0.3, 0.4) is 0 Å². The lowest BCUT2D eigenvalue weighted by Crippen LogP contribution is -2.29. The molecular formula is C18H21FN2O3. The Morgan fingerprint density at radius 3 is 2.62 bits per heavy atom. The van der Waals surface area contributed by atoms with Gasteiger partial charge in [-0.25, -0.2) is 4.39 Å². The molecule has 0 heterocycles. The van der Waals surface area contributed by atoms with Gasteiger partial charge in [0.25, 0.3) is 0 Å². The molecule has 128 valence electrons. The number of amides is 1. The van der Waals surface area contributed by atoms with Gasteiger partial charge in [0.05, 0.1) is 20.8 Å². The molecule has 1 N–H and O–H groups in total. The third-order valence-electron chi connectivity index (χ3n) is 3.44. The van der Waals surface area contributed by atoms with Crippen molar-refractivity contribution in [3.05, 3.63) is 53.8 Å². The van der Waals surface area contributed by atoms with E-state index in [2.05, 4.69) is 5.32 Å². The van der Waals surface area contributed by atoms with Gasteiger partial charge in [-0.3, -0.25) is 9.69 Å². The summed E-state index contributed by atoms with van der Waals surface area (Å²) in [6, 6.07) is 11.9. The molecule has 0 bridgehead atoms. The normalized spacial score (nSPS) is 10.5. The standard InChI is InChI=1S/C18H21FN2O3/c1-21(11-13-7-8-17(24-3)16(19)9-13)12-18(22)20-14-5-4-6-15(10-14)23-2/h4-10H,11-12H2,1-3H3,(H,20,22). The molecule has 0 aliphatic rings. The largest absolute Gasteiger partial charge is 0.497 e. The molecule has 6 heteroatoms. The summed E-state index contributed by atoms with van der Waals surface area (Å²) >= 11 is 0. The molecule has 5 nitrogen and oxygen atoms in total. The predicted octanol–water partition coefficient (Wildman–Crippen LogP) is 2.91. The number of hydrogen-bond acceptors (Lipinski definition) is 4.